The number of nitrogens with two attached hydrogens (primary N) is 1. The van der Waals surface area contributed by atoms with Gasteiger partial charge in [0.1, 0.15) is 11.8 Å². The number of ketones is 1. The van der Waals surface area contributed by atoms with Crippen molar-refractivity contribution in [3.8, 4) is 0 Å². The van der Waals surface area contributed by atoms with Crippen molar-refractivity contribution < 1.29 is 39.0 Å². The van der Waals surface area contributed by atoms with Crippen LogP contribution in [-0.2, 0) is 28.8 Å². The summed E-state index contributed by atoms with van der Waals surface area (Å²) in [7, 11) is 0. The van der Waals surface area contributed by atoms with E-state index in [9.17, 15) is 33.9 Å². The Morgan fingerprint density at radius 2 is 1.22 bits per heavy atom. The smallest absolute Gasteiger partial charge is 0.326 e. The summed E-state index contributed by atoms with van der Waals surface area (Å²) in [6, 6.07) is -1.94. The molecule has 0 aliphatic rings. The predicted molar refractivity (Wildman–Crippen MR) is 155 cm³/mol. The number of carboxylic acid groups (broad SMARTS) is 2. The van der Waals surface area contributed by atoms with E-state index in [4.69, 9.17) is 10.8 Å². The second-order valence-electron chi connectivity index (χ2n) is 10.7. The van der Waals surface area contributed by atoms with Crippen LogP contribution in [0.15, 0.2) is 0 Å². The molecule has 41 heavy (non-hydrogen) atoms. The van der Waals surface area contributed by atoms with Crippen LogP contribution in [0.3, 0.4) is 0 Å². The number of rotatable bonds is 26. The van der Waals surface area contributed by atoms with Crippen LogP contribution in [0, 0.1) is 0 Å². The average molecular weight is 585 g/mol. The molecule has 0 bridgehead atoms. The van der Waals surface area contributed by atoms with Gasteiger partial charge in [-0.05, 0) is 33.1 Å². The van der Waals surface area contributed by atoms with E-state index in [0.29, 0.717) is 6.42 Å². The van der Waals surface area contributed by atoms with Crippen LogP contribution >= 0.6 is 0 Å². The minimum absolute atomic E-state index is 0.0643. The van der Waals surface area contributed by atoms with Gasteiger partial charge in [0.15, 0.2) is 0 Å². The fraction of sp³-hybridized carbons (Fsp3) is 0.793. The number of nitrogens with one attached hydrogen (secondary N) is 2. The molecule has 2 atom stereocenters. The molecule has 0 saturated heterocycles. The van der Waals surface area contributed by atoms with Gasteiger partial charge in [-0.15, -0.1) is 0 Å². The Balaban J connectivity index is 4.00. The van der Waals surface area contributed by atoms with Crippen molar-refractivity contribution in [2.75, 3.05) is 19.6 Å². The van der Waals surface area contributed by atoms with Crippen molar-refractivity contribution in [3.05, 3.63) is 0 Å². The Morgan fingerprint density at radius 3 is 1.66 bits per heavy atom. The van der Waals surface area contributed by atoms with Gasteiger partial charge in [-0.2, -0.15) is 0 Å². The second-order valence-corrected chi connectivity index (χ2v) is 10.7. The van der Waals surface area contributed by atoms with Gasteiger partial charge in [0, 0.05) is 32.4 Å². The van der Waals surface area contributed by atoms with Crippen LogP contribution in [0.5, 0.6) is 0 Å². The molecular weight excluding hydrogens is 532 g/mol. The molecule has 12 nitrogen and oxygen atoms in total. The van der Waals surface area contributed by atoms with Crippen molar-refractivity contribution in [1.29, 1.82) is 0 Å². The third-order valence-electron chi connectivity index (χ3n) is 6.66. The molecule has 0 radical (unpaired) electrons. The lowest BCUT2D eigenvalue weighted by Gasteiger charge is -2.23. The van der Waals surface area contributed by atoms with Crippen LogP contribution < -0.4 is 16.4 Å². The van der Waals surface area contributed by atoms with Gasteiger partial charge in [-0.1, -0.05) is 64.2 Å². The second kappa shape index (κ2) is 23.7. The summed E-state index contributed by atoms with van der Waals surface area (Å²) in [5, 5.41) is 23.1. The lowest BCUT2D eigenvalue weighted by molar-refractivity contribution is -0.142. The van der Waals surface area contributed by atoms with Crippen LogP contribution in [0.4, 0.5) is 0 Å². The number of carbonyl (C=O) groups excluding carboxylic acids is 4. The van der Waals surface area contributed by atoms with E-state index in [1.807, 2.05) is 0 Å². The summed E-state index contributed by atoms with van der Waals surface area (Å²) in [6.07, 6.45) is 12.6. The highest BCUT2D eigenvalue weighted by Gasteiger charge is 2.22. The maximum atomic E-state index is 12.2. The number of Topliss-reactive ketones (excluding diaryl/α,β-unsaturated/α-hetero) is 1. The fourth-order valence-corrected chi connectivity index (χ4v) is 4.37. The average Bonchev–Trinajstić information content (AvgIpc) is 2.89. The highest BCUT2D eigenvalue weighted by Crippen LogP contribution is 2.13. The van der Waals surface area contributed by atoms with E-state index < -0.39 is 35.8 Å². The van der Waals surface area contributed by atoms with E-state index in [2.05, 4.69) is 10.6 Å². The molecule has 0 fully saturated rings. The van der Waals surface area contributed by atoms with Crippen molar-refractivity contribution in [3.63, 3.8) is 0 Å². The van der Waals surface area contributed by atoms with Crippen molar-refractivity contribution in [1.82, 2.24) is 15.5 Å². The number of hydrogen-bond donors (Lipinski definition) is 5. The number of nitrogens with zero attached hydrogens (tertiary/aromatic N) is 1. The number of amides is 3. The van der Waals surface area contributed by atoms with Crippen molar-refractivity contribution in [2.24, 2.45) is 5.73 Å². The number of carboxylic acids is 2. The Kier molecular flexibility index (Phi) is 21.9. The minimum Gasteiger partial charge on any atom is -0.481 e. The first-order valence-electron chi connectivity index (χ1n) is 15.0. The maximum Gasteiger partial charge on any atom is 0.326 e. The predicted octanol–water partition coefficient (Wildman–Crippen LogP) is 2.76. The van der Waals surface area contributed by atoms with Crippen molar-refractivity contribution >= 4 is 35.4 Å². The van der Waals surface area contributed by atoms with E-state index in [-0.39, 0.29) is 57.0 Å². The Bertz CT molecular complexity index is 819. The molecule has 0 aromatic heterocycles. The number of carbonyl (C=O) groups is 6. The molecule has 0 unspecified atom stereocenters. The Labute approximate surface area is 244 Å². The minimum atomic E-state index is -1.21. The Morgan fingerprint density at radius 1 is 0.732 bits per heavy atom. The highest BCUT2D eigenvalue weighted by atomic mass is 16.4. The molecule has 0 aliphatic heterocycles. The molecule has 0 spiro atoms. The van der Waals surface area contributed by atoms with E-state index >= 15 is 0 Å². The molecule has 0 heterocycles. The van der Waals surface area contributed by atoms with Crippen molar-refractivity contribution in [2.45, 2.75) is 129 Å². The number of hydrogen-bond acceptors (Lipinski definition) is 7. The lowest BCUT2D eigenvalue weighted by atomic mass is 10.0. The molecule has 3 amide bonds. The molecule has 0 aromatic rings. The van der Waals surface area contributed by atoms with E-state index in [1.54, 1.807) is 0 Å². The van der Waals surface area contributed by atoms with Gasteiger partial charge >= 0.3 is 11.9 Å². The quantitative estimate of drug-likeness (QED) is 0.0949. The molecule has 0 aliphatic carbocycles. The third kappa shape index (κ3) is 22.4. The molecule has 0 aromatic carbocycles. The number of unbranched alkanes of at least 4 members (excludes halogenated alkanes) is 11. The molecule has 236 valence electrons. The monoisotopic (exact) mass is 584 g/mol. The van der Waals surface area contributed by atoms with Crippen LogP contribution in [-0.4, -0.2) is 82.3 Å². The normalized spacial score (nSPS) is 12.3. The van der Waals surface area contributed by atoms with Crippen LogP contribution in [0.2, 0.25) is 0 Å². The Hall–Kier alpha value is -3.02. The molecule has 12 heteroatoms. The summed E-state index contributed by atoms with van der Waals surface area (Å²) in [4.78, 5) is 71.1. The highest BCUT2D eigenvalue weighted by molar-refractivity contribution is 5.87. The summed E-state index contributed by atoms with van der Waals surface area (Å²) in [5.74, 6) is -3.32. The maximum absolute atomic E-state index is 12.2. The zero-order chi connectivity index (χ0) is 31.0. The number of aliphatic carboxylic acids is 2. The first-order valence-corrected chi connectivity index (χ1v) is 15.0. The van der Waals surface area contributed by atoms with Crippen LogP contribution in [0.25, 0.3) is 0 Å². The molecule has 6 N–H and O–H groups in total. The van der Waals surface area contributed by atoms with Gasteiger partial charge in [-0.25, -0.2) is 4.79 Å². The third-order valence-corrected chi connectivity index (χ3v) is 6.66. The van der Waals surface area contributed by atoms with E-state index in [1.165, 1.54) is 38.0 Å². The van der Waals surface area contributed by atoms with Gasteiger partial charge in [0.2, 0.25) is 17.7 Å². The topological polar surface area (TPSA) is 196 Å². The summed E-state index contributed by atoms with van der Waals surface area (Å²) < 4.78 is 0. The van der Waals surface area contributed by atoms with Gasteiger partial charge < -0.3 is 31.5 Å². The molecular formula is C29H52N4O8. The SMILES string of the molecule is CC(=O)CN(CCNC(=O)CC[C@H](NC(=O)CCCCCCCCCCCCCCC(=O)O)C(=O)O)C(=O)[C@H](C)N. The van der Waals surface area contributed by atoms with Gasteiger partial charge in [0.25, 0.3) is 0 Å². The first kappa shape index (κ1) is 38.0. The fourth-order valence-electron chi connectivity index (χ4n) is 4.37. The summed E-state index contributed by atoms with van der Waals surface area (Å²) in [5.41, 5.74) is 5.59. The summed E-state index contributed by atoms with van der Waals surface area (Å²) >= 11 is 0. The largest absolute Gasteiger partial charge is 0.481 e. The molecule has 0 saturated carbocycles. The zero-order valence-electron chi connectivity index (χ0n) is 25.0. The first-order chi connectivity index (χ1) is 19.4. The van der Waals surface area contributed by atoms with Gasteiger partial charge in [0.05, 0.1) is 12.6 Å². The van der Waals surface area contributed by atoms with E-state index in [0.717, 1.165) is 51.4 Å². The lowest BCUT2D eigenvalue weighted by Crippen LogP contribution is -2.47. The standard InChI is InChI=1S/C29H52N4O8/c1-22(34)21-33(28(39)23(2)30)20-19-31-25(35)18-17-24(29(40)41)32-26(36)15-13-11-9-7-5-3-4-6-8-10-12-14-16-27(37)38/h23-24H,3-21,30H2,1-2H3,(H,31,35)(H,32,36)(H,37,38)(H,40,41)/t23-,24-/m0/s1. The van der Waals surface area contributed by atoms with Crippen LogP contribution in [0.1, 0.15) is 117 Å². The van der Waals surface area contributed by atoms with Gasteiger partial charge in [-0.3, -0.25) is 24.0 Å². The molecule has 0 rings (SSSR count). The zero-order valence-corrected chi connectivity index (χ0v) is 25.0. The summed E-state index contributed by atoms with van der Waals surface area (Å²) in [6.45, 7) is 2.94.